The average Bonchev–Trinajstić information content (AvgIpc) is 3.56. The Morgan fingerprint density at radius 3 is 2.19 bits per heavy atom. The number of fused-ring (bicyclic) bond motifs is 2. The zero-order valence-corrected chi connectivity index (χ0v) is 21.1. The topological polar surface area (TPSA) is 117 Å². The molecule has 3 heterocycles. The minimum Gasteiger partial charge on any atom is -0.382 e. The number of nitrogens with two attached hydrogens (primary N) is 1. The fourth-order valence-corrected chi connectivity index (χ4v) is 6.51. The number of nitrogens with zero attached hydrogens (tertiary/aromatic N) is 2. The lowest BCUT2D eigenvalue weighted by Gasteiger charge is -2.40. The maximum atomic E-state index is 13.2. The molecule has 4 fully saturated rings. The molecular weight excluding hydrogens is 466 g/mol. The first-order valence-electron chi connectivity index (χ1n) is 13.8. The van der Waals surface area contributed by atoms with Gasteiger partial charge in [-0.25, -0.2) is 4.98 Å². The molecule has 2 saturated carbocycles. The van der Waals surface area contributed by atoms with Crippen molar-refractivity contribution in [2.24, 2.45) is 11.7 Å². The van der Waals surface area contributed by atoms with E-state index in [9.17, 15) is 14.4 Å². The molecule has 1 aromatic carbocycles. The third kappa shape index (κ3) is 4.93. The highest BCUT2D eigenvalue weighted by atomic mass is 16.2. The first-order chi connectivity index (χ1) is 18.0. The van der Waals surface area contributed by atoms with Gasteiger partial charge in [0.05, 0.1) is 5.56 Å². The van der Waals surface area contributed by atoms with Crippen LogP contribution in [0.5, 0.6) is 0 Å². The van der Waals surface area contributed by atoms with E-state index in [-0.39, 0.29) is 23.7 Å². The number of anilines is 2. The highest BCUT2D eigenvalue weighted by Gasteiger charge is 2.42. The van der Waals surface area contributed by atoms with E-state index in [1.165, 1.54) is 12.8 Å². The molecule has 2 aliphatic heterocycles. The van der Waals surface area contributed by atoms with Crippen LogP contribution in [0.25, 0.3) is 0 Å². The predicted octanol–water partition coefficient (Wildman–Crippen LogP) is 4.06. The van der Waals surface area contributed by atoms with Gasteiger partial charge >= 0.3 is 0 Å². The van der Waals surface area contributed by atoms with Crippen molar-refractivity contribution in [1.29, 1.82) is 0 Å². The maximum absolute atomic E-state index is 13.2. The van der Waals surface area contributed by atoms with Crippen molar-refractivity contribution >= 4 is 29.1 Å². The summed E-state index contributed by atoms with van der Waals surface area (Å²) in [6.07, 6.45) is 12.1. The average molecular weight is 502 g/mol. The van der Waals surface area contributed by atoms with Gasteiger partial charge in [0.15, 0.2) is 5.78 Å². The SMILES string of the molecule is NC(=O)c1ccc(C(=O)NC2C[C@H]3CC[C@@H](C2)N3c2ccc(C(=O)C3CC3)cn2)cc1NC1CCCC1. The lowest BCUT2D eigenvalue weighted by atomic mass is 9.96. The van der Waals surface area contributed by atoms with Gasteiger partial charge in [0, 0.05) is 53.1 Å². The number of pyridine rings is 1. The van der Waals surface area contributed by atoms with Crippen LogP contribution in [0, 0.1) is 5.92 Å². The third-order valence-corrected chi connectivity index (χ3v) is 8.58. The van der Waals surface area contributed by atoms with Crippen LogP contribution >= 0.6 is 0 Å². The number of piperidine rings is 1. The van der Waals surface area contributed by atoms with E-state index in [0.717, 1.165) is 57.2 Å². The summed E-state index contributed by atoms with van der Waals surface area (Å²) in [5, 5.41) is 6.69. The fourth-order valence-electron chi connectivity index (χ4n) is 6.51. The molecule has 8 heteroatoms. The molecule has 2 bridgehead atoms. The lowest BCUT2D eigenvalue weighted by molar-refractivity contribution is 0.0924. The Labute approximate surface area is 217 Å². The molecule has 6 rings (SSSR count). The van der Waals surface area contributed by atoms with Gasteiger partial charge in [0.1, 0.15) is 5.82 Å². The number of nitrogens with one attached hydrogen (secondary N) is 2. The van der Waals surface area contributed by atoms with Crippen molar-refractivity contribution < 1.29 is 14.4 Å². The van der Waals surface area contributed by atoms with E-state index in [2.05, 4.69) is 20.5 Å². The van der Waals surface area contributed by atoms with Gasteiger partial charge in [-0.1, -0.05) is 12.8 Å². The smallest absolute Gasteiger partial charge is 0.251 e. The van der Waals surface area contributed by atoms with Gasteiger partial charge in [-0.05, 0) is 81.7 Å². The van der Waals surface area contributed by atoms with Gasteiger partial charge < -0.3 is 21.3 Å². The monoisotopic (exact) mass is 501 g/mol. The normalized spacial score (nSPS) is 25.2. The van der Waals surface area contributed by atoms with E-state index < -0.39 is 5.91 Å². The molecular formula is C29H35N5O3. The summed E-state index contributed by atoms with van der Waals surface area (Å²) in [5.41, 5.74) is 7.92. The second-order valence-corrected chi connectivity index (χ2v) is 11.2. The summed E-state index contributed by atoms with van der Waals surface area (Å²) in [4.78, 5) is 44.6. The quantitative estimate of drug-likeness (QED) is 0.470. The van der Waals surface area contributed by atoms with E-state index >= 15 is 0 Å². The molecule has 1 unspecified atom stereocenters. The molecule has 2 aromatic rings. The summed E-state index contributed by atoms with van der Waals surface area (Å²) < 4.78 is 0. The zero-order chi connectivity index (χ0) is 25.5. The van der Waals surface area contributed by atoms with Crippen molar-refractivity contribution in [3.05, 3.63) is 53.2 Å². The zero-order valence-electron chi connectivity index (χ0n) is 21.1. The summed E-state index contributed by atoms with van der Waals surface area (Å²) in [6.45, 7) is 0. The van der Waals surface area contributed by atoms with E-state index in [4.69, 9.17) is 5.73 Å². The Morgan fingerprint density at radius 2 is 1.57 bits per heavy atom. The van der Waals surface area contributed by atoms with E-state index in [1.807, 2.05) is 12.1 Å². The van der Waals surface area contributed by atoms with Crippen LogP contribution in [0.15, 0.2) is 36.5 Å². The Morgan fingerprint density at radius 1 is 0.865 bits per heavy atom. The molecule has 1 aromatic heterocycles. The third-order valence-electron chi connectivity index (χ3n) is 8.58. The van der Waals surface area contributed by atoms with Crippen molar-refractivity contribution in [2.45, 2.75) is 88.4 Å². The Balaban J connectivity index is 1.11. The largest absolute Gasteiger partial charge is 0.382 e. The first kappa shape index (κ1) is 23.9. The molecule has 194 valence electrons. The predicted molar refractivity (Wildman–Crippen MR) is 142 cm³/mol. The standard InChI is InChI=1S/C29H35N5O3/c30-28(36)24-11-7-18(13-25(24)32-20-3-1-2-4-20)29(37)33-21-14-22-9-10-23(15-21)34(22)26-12-8-19(16-31-26)27(35)17-5-6-17/h7-8,11-13,16-17,20-23,32H,1-6,9-10,14-15H2,(H2,30,36)(H,33,37)/t21?,22-,23+. The number of amides is 2. The van der Waals surface area contributed by atoms with E-state index in [1.54, 1.807) is 24.4 Å². The van der Waals surface area contributed by atoms with Gasteiger partial charge in [-0.3, -0.25) is 14.4 Å². The molecule has 0 spiro atoms. The number of Topliss-reactive ketones (excluding diaryl/α,β-unsaturated/α-hetero) is 1. The van der Waals surface area contributed by atoms with Crippen molar-refractivity contribution in [2.75, 3.05) is 10.2 Å². The molecule has 8 nitrogen and oxygen atoms in total. The number of rotatable bonds is 8. The number of hydrogen-bond acceptors (Lipinski definition) is 6. The molecule has 0 radical (unpaired) electrons. The first-order valence-corrected chi connectivity index (χ1v) is 13.8. The number of carbonyl (C=O) groups excluding carboxylic acids is 3. The maximum Gasteiger partial charge on any atom is 0.251 e. The Kier molecular flexibility index (Phi) is 6.34. The second kappa shape index (κ2) is 9.80. The van der Waals surface area contributed by atoms with E-state index in [0.29, 0.717) is 40.5 Å². The highest BCUT2D eigenvalue weighted by Crippen LogP contribution is 2.39. The van der Waals surface area contributed by atoms with Crippen LogP contribution in [0.4, 0.5) is 11.5 Å². The Bertz CT molecular complexity index is 1190. The number of carbonyl (C=O) groups is 3. The highest BCUT2D eigenvalue weighted by molar-refractivity contribution is 6.02. The minimum absolute atomic E-state index is 0.0824. The minimum atomic E-state index is -0.491. The molecule has 4 aliphatic rings. The molecule has 2 aliphatic carbocycles. The van der Waals surface area contributed by atoms with Crippen LogP contribution in [0.2, 0.25) is 0 Å². The number of aromatic nitrogens is 1. The van der Waals surface area contributed by atoms with Crippen LogP contribution in [0.1, 0.15) is 95.3 Å². The fraction of sp³-hybridized carbons (Fsp3) is 0.517. The Hall–Kier alpha value is -3.42. The number of hydrogen-bond donors (Lipinski definition) is 3. The molecule has 2 amide bonds. The van der Waals surface area contributed by atoms with Crippen LogP contribution in [0.3, 0.4) is 0 Å². The van der Waals surface area contributed by atoms with Gasteiger partial charge in [0.25, 0.3) is 11.8 Å². The second-order valence-electron chi connectivity index (χ2n) is 11.2. The molecule has 3 atom stereocenters. The van der Waals surface area contributed by atoms with Crippen LogP contribution < -0.4 is 21.3 Å². The summed E-state index contributed by atoms with van der Waals surface area (Å²) in [6, 6.07) is 10.0. The van der Waals surface area contributed by atoms with Crippen molar-refractivity contribution in [3.8, 4) is 0 Å². The number of ketones is 1. The van der Waals surface area contributed by atoms with Crippen LogP contribution in [-0.4, -0.2) is 46.7 Å². The van der Waals surface area contributed by atoms with Gasteiger partial charge in [-0.2, -0.15) is 0 Å². The van der Waals surface area contributed by atoms with Gasteiger partial charge in [0.2, 0.25) is 0 Å². The van der Waals surface area contributed by atoms with Crippen molar-refractivity contribution in [3.63, 3.8) is 0 Å². The number of benzene rings is 1. The van der Waals surface area contributed by atoms with Gasteiger partial charge in [-0.15, -0.1) is 0 Å². The molecule has 2 saturated heterocycles. The lowest BCUT2D eigenvalue weighted by Crippen LogP contribution is -2.50. The van der Waals surface area contributed by atoms with Crippen molar-refractivity contribution in [1.82, 2.24) is 10.3 Å². The summed E-state index contributed by atoms with van der Waals surface area (Å²) in [5.74, 6) is 0.729. The molecule has 4 N–H and O–H groups in total. The summed E-state index contributed by atoms with van der Waals surface area (Å²) in [7, 11) is 0. The van der Waals surface area contributed by atoms with Crippen LogP contribution in [-0.2, 0) is 0 Å². The molecule has 37 heavy (non-hydrogen) atoms. The number of primary amides is 1. The summed E-state index contributed by atoms with van der Waals surface area (Å²) >= 11 is 0.